The molecule has 4 heterocycles. The molecule has 0 aromatic heterocycles. The standard InChI is InChI=1S/C34H47N7O4/c1-22-16-29(33(44)41(22)30(14-8-9-15-35)34(45)40-20-25-19-26(21-40)37-25)39-32(43)28(18-24-12-6-3-7-13-24)38-31(42)27(36)17-23-10-4-2-5-11-23/h2-7,10-13,22,25-30,37H,8-9,14-21,35-36H2,1H3,(H,38,42)(H,39,43). The summed E-state index contributed by atoms with van der Waals surface area (Å²) in [5.41, 5.74) is 13.8. The minimum atomic E-state index is -0.937. The molecule has 4 aliphatic rings. The van der Waals surface area contributed by atoms with Gasteiger partial charge >= 0.3 is 0 Å². The normalized spacial score (nSPS) is 24.4. The first-order valence-corrected chi connectivity index (χ1v) is 16.2. The van der Waals surface area contributed by atoms with E-state index in [9.17, 15) is 19.2 Å². The Balaban J connectivity index is 1.27. The summed E-state index contributed by atoms with van der Waals surface area (Å²) in [6.07, 6.45) is 4.03. The largest absolute Gasteiger partial charge is 0.343 e. The Hall–Kier alpha value is -3.80. The van der Waals surface area contributed by atoms with E-state index >= 15 is 0 Å². The maximum Gasteiger partial charge on any atom is 0.246 e. The quantitative estimate of drug-likeness (QED) is 0.192. The van der Waals surface area contributed by atoms with Gasteiger partial charge in [0.25, 0.3) is 0 Å². The van der Waals surface area contributed by atoms with Crippen molar-refractivity contribution >= 4 is 23.6 Å². The van der Waals surface area contributed by atoms with Crippen LogP contribution < -0.4 is 27.4 Å². The van der Waals surface area contributed by atoms with Crippen molar-refractivity contribution in [1.82, 2.24) is 25.8 Å². The fraction of sp³-hybridized carbons (Fsp3) is 0.529. The Morgan fingerprint density at radius 1 is 0.911 bits per heavy atom. The van der Waals surface area contributed by atoms with Crippen LogP contribution in [0.1, 0.15) is 50.2 Å². The molecule has 7 N–H and O–H groups in total. The van der Waals surface area contributed by atoms with Gasteiger partial charge in [-0.3, -0.25) is 19.2 Å². The van der Waals surface area contributed by atoms with Crippen molar-refractivity contribution in [3.05, 3.63) is 71.8 Å². The minimum absolute atomic E-state index is 0.0305. The molecular formula is C34H47N7O4. The van der Waals surface area contributed by atoms with Crippen molar-refractivity contribution in [3.8, 4) is 0 Å². The van der Waals surface area contributed by atoms with Crippen molar-refractivity contribution in [2.24, 2.45) is 11.5 Å². The van der Waals surface area contributed by atoms with Crippen LogP contribution in [-0.4, -0.2) is 95.4 Å². The van der Waals surface area contributed by atoms with Crippen LogP contribution in [0.3, 0.4) is 0 Å². The fourth-order valence-electron chi connectivity index (χ4n) is 6.87. The third-order valence-electron chi connectivity index (χ3n) is 9.26. The van der Waals surface area contributed by atoms with E-state index in [1.807, 2.05) is 72.5 Å². The van der Waals surface area contributed by atoms with Crippen LogP contribution in [0.25, 0.3) is 0 Å². The Morgan fingerprint density at radius 2 is 1.51 bits per heavy atom. The van der Waals surface area contributed by atoms with Gasteiger partial charge < -0.3 is 37.2 Å². The lowest BCUT2D eigenvalue weighted by Gasteiger charge is -2.49. The van der Waals surface area contributed by atoms with Crippen molar-refractivity contribution in [3.63, 3.8) is 0 Å². The number of fused-ring (bicyclic) bond motifs is 2. The molecule has 45 heavy (non-hydrogen) atoms. The van der Waals surface area contributed by atoms with Crippen molar-refractivity contribution in [2.75, 3.05) is 19.6 Å². The zero-order valence-electron chi connectivity index (χ0n) is 26.1. The molecule has 11 nitrogen and oxygen atoms in total. The molecule has 6 rings (SSSR count). The number of hydrogen-bond acceptors (Lipinski definition) is 7. The maximum absolute atomic E-state index is 13.9. The molecule has 2 bridgehead atoms. The second-order valence-electron chi connectivity index (χ2n) is 12.8. The summed E-state index contributed by atoms with van der Waals surface area (Å²) in [4.78, 5) is 58.2. The number of rotatable bonds is 14. The molecule has 4 aliphatic heterocycles. The summed E-state index contributed by atoms with van der Waals surface area (Å²) < 4.78 is 0. The van der Waals surface area contributed by atoms with Gasteiger partial charge in [-0.2, -0.15) is 0 Å². The maximum atomic E-state index is 13.9. The van der Waals surface area contributed by atoms with Crippen molar-refractivity contribution in [1.29, 1.82) is 0 Å². The molecule has 7 unspecified atom stereocenters. The van der Waals surface area contributed by atoms with E-state index in [0.717, 1.165) is 30.4 Å². The van der Waals surface area contributed by atoms with Crippen LogP contribution in [-0.2, 0) is 32.0 Å². The van der Waals surface area contributed by atoms with E-state index < -0.39 is 36.0 Å². The van der Waals surface area contributed by atoms with Gasteiger partial charge in [0.15, 0.2) is 0 Å². The minimum Gasteiger partial charge on any atom is -0.343 e. The van der Waals surface area contributed by atoms with E-state index in [4.69, 9.17) is 11.5 Å². The number of piperazine rings is 1. The molecule has 4 saturated heterocycles. The van der Waals surface area contributed by atoms with Gasteiger partial charge in [0.1, 0.15) is 18.1 Å². The van der Waals surface area contributed by atoms with Crippen LogP contribution in [0.15, 0.2) is 60.7 Å². The Bertz CT molecular complexity index is 1310. The first-order valence-electron chi connectivity index (χ1n) is 16.2. The van der Waals surface area contributed by atoms with Crippen LogP contribution in [0.2, 0.25) is 0 Å². The third kappa shape index (κ3) is 8.08. The molecule has 11 heteroatoms. The highest BCUT2D eigenvalue weighted by Crippen LogP contribution is 2.28. The van der Waals surface area contributed by atoms with Gasteiger partial charge in [0, 0.05) is 37.6 Å². The number of hydrogen-bond donors (Lipinski definition) is 5. The monoisotopic (exact) mass is 617 g/mol. The summed E-state index contributed by atoms with van der Waals surface area (Å²) in [5, 5.41) is 9.22. The van der Waals surface area contributed by atoms with Crippen LogP contribution in [0, 0.1) is 0 Å². The molecule has 0 saturated carbocycles. The van der Waals surface area contributed by atoms with Crippen LogP contribution in [0.5, 0.6) is 0 Å². The number of carbonyl (C=O) groups excluding carboxylic acids is 4. The number of nitrogens with one attached hydrogen (secondary N) is 3. The lowest BCUT2D eigenvalue weighted by molar-refractivity contribution is -0.148. The highest BCUT2D eigenvalue weighted by molar-refractivity contribution is 5.96. The molecule has 4 amide bonds. The molecule has 242 valence electrons. The van der Waals surface area contributed by atoms with E-state index in [-0.39, 0.29) is 24.3 Å². The second-order valence-corrected chi connectivity index (χ2v) is 12.8. The predicted octanol–water partition coefficient (Wildman–Crippen LogP) is 0.460. The van der Waals surface area contributed by atoms with Gasteiger partial charge in [-0.1, -0.05) is 60.7 Å². The first kappa shape index (κ1) is 32.6. The molecule has 4 fully saturated rings. The van der Waals surface area contributed by atoms with E-state index in [1.54, 1.807) is 4.90 Å². The summed E-state index contributed by atoms with van der Waals surface area (Å²) in [6.45, 7) is 3.73. The number of nitrogens with zero attached hydrogens (tertiary/aromatic N) is 2. The second kappa shape index (κ2) is 15.0. The summed E-state index contributed by atoms with van der Waals surface area (Å²) >= 11 is 0. The number of likely N-dealkylation sites (tertiary alicyclic amines) is 1. The van der Waals surface area contributed by atoms with Gasteiger partial charge in [0.05, 0.1) is 6.04 Å². The lowest BCUT2D eigenvalue weighted by Crippen LogP contribution is -2.69. The van der Waals surface area contributed by atoms with Crippen LogP contribution >= 0.6 is 0 Å². The smallest absolute Gasteiger partial charge is 0.246 e. The van der Waals surface area contributed by atoms with E-state index in [2.05, 4.69) is 16.0 Å². The number of amides is 4. The third-order valence-corrected chi connectivity index (χ3v) is 9.26. The van der Waals surface area contributed by atoms with Gasteiger partial charge in [-0.15, -0.1) is 0 Å². The number of nitrogens with two attached hydrogens (primary N) is 2. The van der Waals surface area contributed by atoms with Crippen molar-refractivity contribution < 1.29 is 19.2 Å². The Labute approximate surface area is 265 Å². The fourth-order valence-corrected chi connectivity index (χ4v) is 6.87. The van der Waals surface area contributed by atoms with Gasteiger partial charge in [0.2, 0.25) is 23.6 Å². The molecule has 2 aromatic rings. The van der Waals surface area contributed by atoms with Gasteiger partial charge in [-0.25, -0.2) is 0 Å². The molecule has 0 radical (unpaired) electrons. The number of piperidine rings is 1. The zero-order valence-corrected chi connectivity index (χ0v) is 26.1. The summed E-state index contributed by atoms with van der Waals surface area (Å²) in [6, 6.07) is 16.1. The highest BCUT2D eigenvalue weighted by Gasteiger charge is 2.47. The van der Waals surface area contributed by atoms with Crippen molar-refractivity contribution in [2.45, 2.75) is 94.2 Å². The topological polar surface area (TPSA) is 163 Å². The lowest BCUT2D eigenvalue weighted by atomic mass is 9.90. The zero-order chi connectivity index (χ0) is 31.9. The average Bonchev–Trinajstić information content (AvgIpc) is 3.30. The number of benzene rings is 2. The summed E-state index contributed by atoms with van der Waals surface area (Å²) in [7, 11) is 0. The molecule has 2 aromatic carbocycles. The van der Waals surface area contributed by atoms with E-state index in [1.165, 1.54) is 0 Å². The first-order chi connectivity index (χ1) is 21.7. The average molecular weight is 618 g/mol. The molecular weight excluding hydrogens is 570 g/mol. The number of carbonyl (C=O) groups is 4. The van der Waals surface area contributed by atoms with Crippen LogP contribution in [0.4, 0.5) is 0 Å². The van der Waals surface area contributed by atoms with E-state index in [0.29, 0.717) is 51.0 Å². The Morgan fingerprint density at radius 3 is 2.11 bits per heavy atom. The Kier molecular flexibility index (Phi) is 10.9. The number of unbranched alkanes of at least 4 members (excludes halogenated alkanes) is 1. The molecule has 0 aliphatic carbocycles. The molecule has 7 atom stereocenters. The summed E-state index contributed by atoms with van der Waals surface area (Å²) in [5.74, 6) is -1.20. The highest BCUT2D eigenvalue weighted by atomic mass is 16.2. The van der Waals surface area contributed by atoms with Gasteiger partial charge in [-0.05, 0) is 63.1 Å². The molecule has 0 spiro atoms. The predicted molar refractivity (Wildman–Crippen MR) is 172 cm³/mol. The SMILES string of the molecule is CC1CC(NC(=O)C(Cc2ccccc2)NC(=O)C(N)Cc2ccccc2)C(=O)N1C(CCCCN)C(=O)N1CC2CC(C1)N2.